The molecule has 0 amide bonds. The molecule has 0 saturated carbocycles. The molecule has 1 unspecified atom stereocenters. The van der Waals surface area contributed by atoms with Crippen molar-refractivity contribution in [2.75, 3.05) is 38.2 Å². The lowest BCUT2D eigenvalue weighted by molar-refractivity contribution is 0.114. The minimum absolute atomic E-state index is 0. The highest BCUT2D eigenvalue weighted by Gasteiger charge is 2.09. The second-order valence-electron chi connectivity index (χ2n) is 4.66. The van der Waals surface area contributed by atoms with Crippen LogP contribution in [0.3, 0.4) is 0 Å². The number of nitrogens with zero attached hydrogens (tertiary/aromatic N) is 1. The molecule has 3 N–H and O–H groups in total. The molecule has 0 saturated heterocycles. The SMILES string of the molecule is CCNC(=NCC(O)COc1cccc(Cl)c1Cl)NCCSC.I. The van der Waals surface area contributed by atoms with E-state index in [1.54, 1.807) is 30.0 Å². The predicted octanol–water partition coefficient (Wildman–Crippen LogP) is 3.27. The molecule has 1 rings (SSSR count). The number of aliphatic hydroxyl groups is 1. The van der Waals surface area contributed by atoms with Crippen LogP contribution in [0.2, 0.25) is 10.0 Å². The summed E-state index contributed by atoms with van der Waals surface area (Å²) in [6, 6.07) is 5.13. The third kappa shape index (κ3) is 9.41. The quantitative estimate of drug-likeness (QED) is 0.207. The summed E-state index contributed by atoms with van der Waals surface area (Å²) >= 11 is 13.7. The Hall–Kier alpha value is -0.0900. The van der Waals surface area contributed by atoms with Crippen LogP contribution in [0.5, 0.6) is 5.75 Å². The first-order valence-electron chi connectivity index (χ1n) is 7.34. The first kappa shape index (κ1) is 23.9. The third-order valence-electron chi connectivity index (χ3n) is 2.75. The van der Waals surface area contributed by atoms with Gasteiger partial charge in [-0.15, -0.1) is 24.0 Å². The number of thioether (sulfide) groups is 1. The highest BCUT2D eigenvalue weighted by Crippen LogP contribution is 2.31. The van der Waals surface area contributed by atoms with Crippen molar-refractivity contribution in [3.63, 3.8) is 0 Å². The molecule has 1 aromatic carbocycles. The van der Waals surface area contributed by atoms with Gasteiger partial charge in [0.2, 0.25) is 0 Å². The largest absolute Gasteiger partial charge is 0.489 e. The number of guanidine groups is 1. The summed E-state index contributed by atoms with van der Waals surface area (Å²) in [7, 11) is 0. The lowest BCUT2D eigenvalue weighted by atomic mass is 10.3. The topological polar surface area (TPSA) is 65.9 Å². The van der Waals surface area contributed by atoms with Gasteiger partial charge < -0.3 is 20.5 Å². The average Bonchev–Trinajstić information content (AvgIpc) is 2.54. The molecule has 1 aromatic rings. The normalized spacial score (nSPS) is 12.3. The summed E-state index contributed by atoms with van der Waals surface area (Å²) in [6.45, 7) is 3.89. The molecule has 24 heavy (non-hydrogen) atoms. The zero-order chi connectivity index (χ0) is 17.1. The van der Waals surface area contributed by atoms with E-state index in [4.69, 9.17) is 27.9 Å². The van der Waals surface area contributed by atoms with Gasteiger partial charge in [0.25, 0.3) is 0 Å². The Balaban J connectivity index is 0.00000529. The highest BCUT2D eigenvalue weighted by atomic mass is 127. The van der Waals surface area contributed by atoms with Gasteiger partial charge in [0.15, 0.2) is 5.96 Å². The molecule has 0 heterocycles. The van der Waals surface area contributed by atoms with E-state index in [9.17, 15) is 5.11 Å². The minimum Gasteiger partial charge on any atom is -0.489 e. The Bertz CT molecular complexity index is 510. The summed E-state index contributed by atoms with van der Waals surface area (Å²) in [6.07, 6.45) is 1.31. The Kier molecular flexibility index (Phi) is 14.1. The molecule has 138 valence electrons. The van der Waals surface area contributed by atoms with Gasteiger partial charge in [-0.1, -0.05) is 29.3 Å². The van der Waals surface area contributed by atoms with Crippen molar-refractivity contribution >= 4 is 64.9 Å². The monoisotopic (exact) mass is 507 g/mol. The maximum absolute atomic E-state index is 9.99. The zero-order valence-corrected chi connectivity index (χ0v) is 18.4. The molecule has 0 fully saturated rings. The number of aliphatic imine (C=N–C) groups is 1. The van der Waals surface area contributed by atoms with Crippen molar-refractivity contribution in [1.29, 1.82) is 0 Å². The van der Waals surface area contributed by atoms with E-state index in [0.29, 0.717) is 21.8 Å². The second-order valence-corrected chi connectivity index (χ2v) is 6.43. The van der Waals surface area contributed by atoms with Gasteiger partial charge in [-0.2, -0.15) is 11.8 Å². The molecule has 0 aromatic heterocycles. The van der Waals surface area contributed by atoms with Gasteiger partial charge in [-0.05, 0) is 25.3 Å². The van der Waals surface area contributed by atoms with Crippen LogP contribution in [0.15, 0.2) is 23.2 Å². The summed E-state index contributed by atoms with van der Waals surface area (Å²) < 4.78 is 5.49. The molecule has 0 radical (unpaired) electrons. The molecular formula is C15H24Cl2IN3O2S. The van der Waals surface area contributed by atoms with Gasteiger partial charge in [-0.3, -0.25) is 4.99 Å². The summed E-state index contributed by atoms with van der Waals surface area (Å²) in [4.78, 5) is 4.33. The molecular weight excluding hydrogens is 484 g/mol. The van der Waals surface area contributed by atoms with Gasteiger partial charge in [0.1, 0.15) is 23.5 Å². The number of halogens is 3. The fourth-order valence-electron chi connectivity index (χ4n) is 1.64. The number of ether oxygens (including phenoxy) is 1. The van der Waals surface area contributed by atoms with Crippen LogP contribution in [0.4, 0.5) is 0 Å². The number of aliphatic hydroxyl groups excluding tert-OH is 1. The van der Waals surface area contributed by atoms with Gasteiger partial charge >= 0.3 is 0 Å². The van der Waals surface area contributed by atoms with Crippen molar-refractivity contribution in [2.45, 2.75) is 13.0 Å². The van der Waals surface area contributed by atoms with E-state index < -0.39 is 6.10 Å². The molecule has 0 aliphatic rings. The van der Waals surface area contributed by atoms with E-state index in [1.807, 2.05) is 13.2 Å². The van der Waals surface area contributed by atoms with Crippen molar-refractivity contribution in [3.8, 4) is 5.75 Å². The fourth-order valence-corrected chi connectivity index (χ4v) is 2.30. The summed E-state index contributed by atoms with van der Waals surface area (Å²) in [5.41, 5.74) is 0. The van der Waals surface area contributed by atoms with Gasteiger partial charge in [0, 0.05) is 18.8 Å². The Morgan fingerprint density at radius 1 is 1.38 bits per heavy atom. The number of nitrogens with one attached hydrogen (secondary N) is 2. The molecule has 0 aliphatic carbocycles. The van der Waals surface area contributed by atoms with Crippen molar-refractivity contribution < 1.29 is 9.84 Å². The van der Waals surface area contributed by atoms with E-state index in [1.165, 1.54) is 0 Å². The Morgan fingerprint density at radius 3 is 2.79 bits per heavy atom. The van der Waals surface area contributed by atoms with E-state index in [2.05, 4.69) is 15.6 Å². The lowest BCUT2D eigenvalue weighted by Gasteiger charge is -2.14. The van der Waals surface area contributed by atoms with Crippen LogP contribution in [-0.2, 0) is 0 Å². The van der Waals surface area contributed by atoms with Crippen LogP contribution >= 0.6 is 58.9 Å². The van der Waals surface area contributed by atoms with Gasteiger partial charge in [0.05, 0.1) is 11.6 Å². The average molecular weight is 508 g/mol. The maximum Gasteiger partial charge on any atom is 0.191 e. The number of rotatable bonds is 9. The van der Waals surface area contributed by atoms with E-state index in [-0.39, 0.29) is 37.1 Å². The van der Waals surface area contributed by atoms with Crippen molar-refractivity contribution in [3.05, 3.63) is 28.2 Å². The van der Waals surface area contributed by atoms with Gasteiger partial charge in [-0.25, -0.2) is 0 Å². The molecule has 0 bridgehead atoms. The third-order valence-corrected chi connectivity index (χ3v) is 4.16. The number of hydrogen-bond acceptors (Lipinski definition) is 4. The van der Waals surface area contributed by atoms with Crippen molar-refractivity contribution in [2.24, 2.45) is 4.99 Å². The van der Waals surface area contributed by atoms with Crippen molar-refractivity contribution in [1.82, 2.24) is 10.6 Å². The van der Waals surface area contributed by atoms with Crippen LogP contribution < -0.4 is 15.4 Å². The first-order valence-corrected chi connectivity index (χ1v) is 9.49. The molecule has 0 aliphatic heterocycles. The Labute approximate surface area is 174 Å². The van der Waals surface area contributed by atoms with Crippen LogP contribution in [0.1, 0.15) is 6.92 Å². The fraction of sp³-hybridized carbons (Fsp3) is 0.533. The first-order chi connectivity index (χ1) is 11.1. The molecule has 9 heteroatoms. The molecule has 1 atom stereocenters. The maximum atomic E-state index is 9.99. The number of benzene rings is 1. The second kappa shape index (κ2) is 14.1. The van der Waals surface area contributed by atoms with E-state index >= 15 is 0 Å². The zero-order valence-electron chi connectivity index (χ0n) is 13.7. The van der Waals surface area contributed by atoms with Crippen LogP contribution in [0.25, 0.3) is 0 Å². The van der Waals surface area contributed by atoms with Crippen LogP contribution in [-0.4, -0.2) is 55.4 Å². The number of hydrogen-bond donors (Lipinski definition) is 3. The van der Waals surface area contributed by atoms with Crippen LogP contribution in [0, 0.1) is 0 Å². The summed E-state index contributed by atoms with van der Waals surface area (Å²) in [5, 5.41) is 17.1. The molecule has 5 nitrogen and oxygen atoms in total. The minimum atomic E-state index is -0.735. The smallest absolute Gasteiger partial charge is 0.191 e. The lowest BCUT2D eigenvalue weighted by Crippen LogP contribution is -2.39. The predicted molar refractivity (Wildman–Crippen MR) is 116 cm³/mol. The standard InChI is InChI=1S/C15H23Cl2N3O2S.HI/c1-3-18-15(19-7-8-23-2)20-9-11(21)10-22-13-6-4-5-12(16)14(13)17;/h4-6,11,21H,3,7-10H2,1-2H3,(H2,18,19,20);1H. The molecule has 0 spiro atoms. The Morgan fingerprint density at radius 2 is 2.12 bits per heavy atom. The highest BCUT2D eigenvalue weighted by molar-refractivity contribution is 14.0. The summed E-state index contributed by atoms with van der Waals surface area (Å²) in [5.74, 6) is 2.12. The van der Waals surface area contributed by atoms with E-state index in [0.717, 1.165) is 18.8 Å².